The number of aliphatic hydroxyl groups is 1. The van der Waals surface area contributed by atoms with Crippen molar-refractivity contribution in [1.29, 1.82) is 0 Å². The van der Waals surface area contributed by atoms with Crippen LogP contribution in [-0.2, 0) is 9.84 Å². The Morgan fingerprint density at radius 3 is 2.52 bits per heavy atom. The molecule has 1 saturated carbocycles. The standard InChI is InChI=1S/C16H21FO3S/c1-21(19,20)16-8-7-13(10-15(16)17)14(11-18)9-12-5-3-2-4-6-12/h7-10,12,18H,2-6,11H2,1H3. The maximum absolute atomic E-state index is 13.9. The minimum Gasteiger partial charge on any atom is -0.392 e. The van der Waals surface area contributed by atoms with E-state index in [4.69, 9.17) is 0 Å². The quantitative estimate of drug-likeness (QED) is 0.929. The zero-order chi connectivity index (χ0) is 15.5. The summed E-state index contributed by atoms with van der Waals surface area (Å²) in [4.78, 5) is -0.304. The number of benzene rings is 1. The fourth-order valence-corrected chi connectivity index (χ4v) is 3.56. The molecule has 0 amide bonds. The average Bonchev–Trinajstić information content (AvgIpc) is 2.44. The second kappa shape index (κ2) is 6.71. The molecule has 0 unspecified atom stereocenters. The Kier molecular flexibility index (Phi) is 5.17. The molecule has 0 heterocycles. The lowest BCUT2D eigenvalue weighted by Crippen LogP contribution is -2.06. The van der Waals surface area contributed by atoms with Gasteiger partial charge in [0.25, 0.3) is 0 Å². The number of rotatable bonds is 4. The molecule has 0 aromatic heterocycles. The predicted octanol–water partition coefficient (Wildman–Crippen LogP) is 3.19. The Bertz CT molecular complexity index is 629. The van der Waals surface area contributed by atoms with Crippen molar-refractivity contribution in [3.63, 3.8) is 0 Å². The Balaban J connectivity index is 2.30. The molecule has 21 heavy (non-hydrogen) atoms. The lowest BCUT2D eigenvalue weighted by molar-refractivity contribution is 0.347. The van der Waals surface area contributed by atoms with Crippen molar-refractivity contribution in [2.24, 2.45) is 5.92 Å². The first-order valence-electron chi connectivity index (χ1n) is 7.23. The van der Waals surface area contributed by atoms with Crippen LogP contribution in [0.15, 0.2) is 29.2 Å². The van der Waals surface area contributed by atoms with Crippen molar-refractivity contribution in [2.45, 2.75) is 37.0 Å². The SMILES string of the molecule is CS(=O)(=O)c1ccc(C(=CC2CCCCC2)CO)cc1F. The molecule has 0 spiro atoms. The van der Waals surface area contributed by atoms with Gasteiger partial charge in [0, 0.05) is 6.26 Å². The van der Waals surface area contributed by atoms with Gasteiger partial charge in [-0.15, -0.1) is 0 Å². The summed E-state index contributed by atoms with van der Waals surface area (Å²) >= 11 is 0. The van der Waals surface area contributed by atoms with Crippen LogP contribution in [0.1, 0.15) is 37.7 Å². The maximum Gasteiger partial charge on any atom is 0.178 e. The van der Waals surface area contributed by atoms with Crippen molar-refractivity contribution in [3.8, 4) is 0 Å². The third kappa shape index (κ3) is 4.14. The first-order valence-corrected chi connectivity index (χ1v) is 9.12. The lowest BCUT2D eigenvalue weighted by atomic mass is 9.87. The van der Waals surface area contributed by atoms with E-state index >= 15 is 0 Å². The third-order valence-electron chi connectivity index (χ3n) is 3.96. The molecule has 3 nitrogen and oxygen atoms in total. The van der Waals surface area contributed by atoms with Crippen LogP contribution in [0, 0.1) is 11.7 Å². The van der Waals surface area contributed by atoms with Crippen LogP contribution in [0.5, 0.6) is 0 Å². The first kappa shape index (κ1) is 16.2. The van der Waals surface area contributed by atoms with Crippen LogP contribution in [0.2, 0.25) is 0 Å². The van der Waals surface area contributed by atoms with E-state index in [-0.39, 0.29) is 11.5 Å². The highest BCUT2D eigenvalue weighted by Gasteiger charge is 2.16. The highest BCUT2D eigenvalue weighted by atomic mass is 32.2. The minimum atomic E-state index is -3.57. The Morgan fingerprint density at radius 1 is 1.33 bits per heavy atom. The summed E-state index contributed by atoms with van der Waals surface area (Å²) < 4.78 is 36.8. The van der Waals surface area contributed by atoms with E-state index in [0.717, 1.165) is 19.1 Å². The van der Waals surface area contributed by atoms with Crippen molar-refractivity contribution >= 4 is 15.4 Å². The van der Waals surface area contributed by atoms with E-state index in [2.05, 4.69) is 0 Å². The van der Waals surface area contributed by atoms with E-state index in [1.165, 1.54) is 31.4 Å². The molecule has 2 rings (SSSR count). The van der Waals surface area contributed by atoms with Crippen molar-refractivity contribution in [1.82, 2.24) is 0 Å². The average molecular weight is 312 g/mol. The topological polar surface area (TPSA) is 54.4 Å². The molecular weight excluding hydrogens is 291 g/mol. The maximum atomic E-state index is 13.9. The lowest BCUT2D eigenvalue weighted by Gasteiger charge is -2.19. The number of aliphatic hydroxyl groups excluding tert-OH is 1. The molecule has 0 bridgehead atoms. The number of allylic oxidation sites excluding steroid dienone is 1. The minimum absolute atomic E-state index is 0.172. The van der Waals surface area contributed by atoms with Crippen LogP contribution in [0.25, 0.3) is 5.57 Å². The van der Waals surface area contributed by atoms with Crippen LogP contribution in [0.4, 0.5) is 4.39 Å². The smallest absolute Gasteiger partial charge is 0.178 e. The van der Waals surface area contributed by atoms with E-state index in [1.54, 1.807) is 6.07 Å². The molecule has 116 valence electrons. The third-order valence-corrected chi connectivity index (χ3v) is 5.09. The predicted molar refractivity (Wildman–Crippen MR) is 81.1 cm³/mol. The van der Waals surface area contributed by atoms with Crippen molar-refractivity contribution in [3.05, 3.63) is 35.7 Å². The Morgan fingerprint density at radius 2 is 2.00 bits per heavy atom. The van der Waals surface area contributed by atoms with Gasteiger partial charge in [-0.2, -0.15) is 0 Å². The zero-order valence-electron chi connectivity index (χ0n) is 12.2. The molecule has 1 N–H and O–H groups in total. The largest absolute Gasteiger partial charge is 0.392 e. The summed E-state index contributed by atoms with van der Waals surface area (Å²) in [5.74, 6) is -0.350. The molecule has 1 aromatic carbocycles. The molecule has 1 aliphatic carbocycles. The highest BCUT2D eigenvalue weighted by Crippen LogP contribution is 2.28. The van der Waals surface area contributed by atoms with Gasteiger partial charge < -0.3 is 5.11 Å². The van der Waals surface area contributed by atoms with Crippen LogP contribution < -0.4 is 0 Å². The summed E-state index contributed by atoms with van der Waals surface area (Å²) in [5, 5.41) is 9.52. The van der Waals surface area contributed by atoms with Crippen LogP contribution in [0.3, 0.4) is 0 Å². The van der Waals surface area contributed by atoms with Crippen molar-refractivity contribution < 1.29 is 17.9 Å². The van der Waals surface area contributed by atoms with Gasteiger partial charge in [-0.3, -0.25) is 0 Å². The first-order chi connectivity index (χ1) is 9.91. The molecule has 0 aliphatic heterocycles. The fourth-order valence-electron chi connectivity index (χ4n) is 2.83. The molecule has 0 radical (unpaired) electrons. The van der Waals surface area contributed by atoms with Gasteiger partial charge in [0.05, 0.1) is 6.61 Å². The van der Waals surface area contributed by atoms with Crippen LogP contribution >= 0.6 is 0 Å². The van der Waals surface area contributed by atoms with E-state index in [9.17, 15) is 17.9 Å². The summed E-state index contributed by atoms with van der Waals surface area (Å²) in [6, 6.07) is 4.02. The fraction of sp³-hybridized carbons (Fsp3) is 0.500. The monoisotopic (exact) mass is 312 g/mol. The van der Waals surface area contributed by atoms with Crippen molar-refractivity contribution in [2.75, 3.05) is 12.9 Å². The number of hydrogen-bond acceptors (Lipinski definition) is 3. The zero-order valence-corrected chi connectivity index (χ0v) is 13.0. The number of hydrogen-bond donors (Lipinski definition) is 1. The van der Waals surface area contributed by atoms with E-state index < -0.39 is 15.7 Å². The normalized spacial score (nSPS) is 18.0. The Hall–Kier alpha value is -1.20. The molecule has 0 saturated heterocycles. The second-order valence-electron chi connectivity index (χ2n) is 5.67. The molecule has 5 heteroatoms. The molecule has 1 aliphatic rings. The second-order valence-corrected chi connectivity index (χ2v) is 7.65. The number of halogens is 1. The summed E-state index contributed by atoms with van der Waals surface area (Å²) in [6.07, 6.45) is 8.78. The van der Waals surface area contributed by atoms with Gasteiger partial charge in [0.2, 0.25) is 0 Å². The van der Waals surface area contributed by atoms with Gasteiger partial charge in [-0.05, 0) is 42.0 Å². The molecular formula is C16H21FO3S. The Labute approximate surface area is 125 Å². The van der Waals surface area contributed by atoms with E-state index in [0.29, 0.717) is 17.1 Å². The number of sulfone groups is 1. The van der Waals surface area contributed by atoms with E-state index in [1.807, 2.05) is 6.08 Å². The van der Waals surface area contributed by atoms with Gasteiger partial charge >= 0.3 is 0 Å². The molecule has 0 atom stereocenters. The summed E-state index contributed by atoms with van der Waals surface area (Å²) in [6.45, 7) is -0.172. The van der Waals surface area contributed by atoms with Crippen LogP contribution in [-0.4, -0.2) is 26.4 Å². The summed E-state index contributed by atoms with van der Waals surface area (Å²) in [7, 11) is -3.57. The van der Waals surface area contributed by atoms with Gasteiger partial charge in [-0.25, -0.2) is 12.8 Å². The highest BCUT2D eigenvalue weighted by molar-refractivity contribution is 7.90. The molecule has 1 aromatic rings. The van der Waals surface area contributed by atoms with Gasteiger partial charge in [0.15, 0.2) is 9.84 Å². The molecule has 1 fully saturated rings. The van der Waals surface area contributed by atoms with Gasteiger partial charge in [-0.1, -0.05) is 31.4 Å². The van der Waals surface area contributed by atoms with Gasteiger partial charge in [0.1, 0.15) is 10.7 Å². The summed E-state index contributed by atoms with van der Waals surface area (Å²) in [5.41, 5.74) is 1.22.